The molecule has 0 atom stereocenters. The first-order chi connectivity index (χ1) is 13.2. The van der Waals surface area contributed by atoms with E-state index in [0.29, 0.717) is 10.6 Å². The van der Waals surface area contributed by atoms with E-state index < -0.39 is 0 Å². The molecule has 1 amide bonds. The SMILES string of the molecule is O=C(c1cccc(Cl)c1)N1CCN(c2ccc(N3CCCCC3)cc2)CC1. The number of benzene rings is 2. The van der Waals surface area contributed by atoms with Crippen LogP contribution in [0.3, 0.4) is 0 Å². The van der Waals surface area contributed by atoms with E-state index in [2.05, 4.69) is 34.1 Å². The number of amides is 1. The number of hydrogen-bond acceptors (Lipinski definition) is 3. The van der Waals surface area contributed by atoms with Gasteiger partial charge in [0.25, 0.3) is 5.91 Å². The van der Waals surface area contributed by atoms with Crippen molar-refractivity contribution >= 4 is 28.9 Å². The van der Waals surface area contributed by atoms with Gasteiger partial charge in [-0.05, 0) is 61.7 Å². The Labute approximate surface area is 166 Å². The normalized spacial score (nSPS) is 17.9. The number of piperazine rings is 1. The maximum atomic E-state index is 12.7. The van der Waals surface area contributed by atoms with E-state index in [1.165, 1.54) is 43.7 Å². The van der Waals surface area contributed by atoms with E-state index in [4.69, 9.17) is 11.6 Å². The van der Waals surface area contributed by atoms with Crippen molar-refractivity contribution in [2.24, 2.45) is 0 Å². The standard InChI is InChI=1S/C22H26ClN3O/c23-19-6-4-5-18(17-19)22(27)26-15-13-25(14-16-26)21-9-7-20(8-10-21)24-11-2-1-3-12-24/h4-10,17H,1-3,11-16H2. The van der Waals surface area contributed by atoms with Crippen LogP contribution < -0.4 is 9.80 Å². The van der Waals surface area contributed by atoms with Crippen molar-refractivity contribution in [3.63, 3.8) is 0 Å². The summed E-state index contributed by atoms with van der Waals surface area (Å²) in [6.07, 6.45) is 3.95. The van der Waals surface area contributed by atoms with Gasteiger partial charge in [-0.1, -0.05) is 17.7 Å². The molecule has 4 nitrogen and oxygen atoms in total. The van der Waals surface area contributed by atoms with Crippen molar-refractivity contribution in [2.75, 3.05) is 49.1 Å². The molecule has 142 valence electrons. The van der Waals surface area contributed by atoms with E-state index in [1.807, 2.05) is 17.0 Å². The second-order valence-electron chi connectivity index (χ2n) is 7.35. The first-order valence-corrected chi connectivity index (χ1v) is 10.2. The molecule has 0 saturated carbocycles. The van der Waals surface area contributed by atoms with Gasteiger partial charge >= 0.3 is 0 Å². The molecule has 0 spiro atoms. The lowest BCUT2D eigenvalue weighted by atomic mass is 10.1. The molecule has 2 aromatic carbocycles. The third-order valence-electron chi connectivity index (χ3n) is 5.57. The molecule has 0 N–H and O–H groups in total. The van der Waals surface area contributed by atoms with Crippen LogP contribution in [-0.4, -0.2) is 50.1 Å². The Balaban J connectivity index is 1.35. The van der Waals surface area contributed by atoms with Crippen LogP contribution in [0.25, 0.3) is 0 Å². The minimum absolute atomic E-state index is 0.0672. The summed E-state index contributed by atoms with van der Waals surface area (Å²) in [5, 5.41) is 0.605. The fourth-order valence-electron chi connectivity index (χ4n) is 4.00. The highest BCUT2D eigenvalue weighted by atomic mass is 35.5. The molecule has 4 rings (SSSR count). The summed E-state index contributed by atoms with van der Waals surface area (Å²) >= 11 is 6.02. The molecular formula is C22H26ClN3O. The fraction of sp³-hybridized carbons (Fsp3) is 0.409. The summed E-state index contributed by atoms with van der Waals surface area (Å²) in [5.74, 6) is 0.0672. The number of piperidine rings is 1. The summed E-state index contributed by atoms with van der Waals surface area (Å²) in [6.45, 7) is 5.52. The highest BCUT2D eigenvalue weighted by molar-refractivity contribution is 6.30. The van der Waals surface area contributed by atoms with E-state index in [-0.39, 0.29) is 5.91 Å². The molecule has 2 aliphatic heterocycles. The monoisotopic (exact) mass is 383 g/mol. The number of anilines is 2. The molecule has 2 heterocycles. The van der Waals surface area contributed by atoms with Gasteiger partial charge in [0.05, 0.1) is 0 Å². The smallest absolute Gasteiger partial charge is 0.254 e. The minimum Gasteiger partial charge on any atom is -0.372 e. The summed E-state index contributed by atoms with van der Waals surface area (Å²) in [5.41, 5.74) is 3.24. The van der Waals surface area contributed by atoms with E-state index >= 15 is 0 Å². The number of nitrogens with zero attached hydrogens (tertiary/aromatic N) is 3. The van der Waals surface area contributed by atoms with Gasteiger partial charge in [0.15, 0.2) is 0 Å². The Morgan fingerprint density at radius 3 is 1.93 bits per heavy atom. The maximum Gasteiger partial charge on any atom is 0.254 e. The van der Waals surface area contributed by atoms with Gasteiger partial charge in [-0.3, -0.25) is 4.79 Å². The van der Waals surface area contributed by atoms with Gasteiger partial charge in [0, 0.05) is 61.2 Å². The van der Waals surface area contributed by atoms with Gasteiger partial charge < -0.3 is 14.7 Å². The summed E-state index contributed by atoms with van der Waals surface area (Å²) in [4.78, 5) is 19.4. The number of halogens is 1. The molecule has 27 heavy (non-hydrogen) atoms. The first-order valence-electron chi connectivity index (χ1n) is 9.85. The van der Waals surface area contributed by atoms with Crippen molar-refractivity contribution < 1.29 is 4.79 Å². The van der Waals surface area contributed by atoms with E-state index in [0.717, 1.165) is 26.2 Å². The van der Waals surface area contributed by atoms with Crippen LogP contribution in [0.15, 0.2) is 48.5 Å². The third-order valence-corrected chi connectivity index (χ3v) is 5.81. The van der Waals surface area contributed by atoms with Gasteiger partial charge in [-0.25, -0.2) is 0 Å². The molecule has 2 fully saturated rings. The van der Waals surface area contributed by atoms with Crippen LogP contribution in [0.2, 0.25) is 5.02 Å². The molecule has 2 saturated heterocycles. The molecule has 0 aromatic heterocycles. The second kappa shape index (κ2) is 8.22. The molecule has 0 unspecified atom stereocenters. The molecule has 2 aliphatic rings. The predicted molar refractivity (Wildman–Crippen MR) is 112 cm³/mol. The van der Waals surface area contributed by atoms with Crippen molar-refractivity contribution in [1.29, 1.82) is 0 Å². The van der Waals surface area contributed by atoms with Gasteiger partial charge in [-0.2, -0.15) is 0 Å². The third kappa shape index (κ3) is 4.22. The zero-order valence-corrected chi connectivity index (χ0v) is 16.4. The van der Waals surface area contributed by atoms with Gasteiger partial charge in [-0.15, -0.1) is 0 Å². The topological polar surface area (TPSA) is 26.8 Å². The fourth-order valence-corrected chi connectivity index (χ4v) is 4.19. The summed E-state index contributed by atoms with van der Waals surface area (Å²) in [7, 11) is 0. The number of carbonyl (C=O) groups is 1. The molecule has 0 aliphatic carbocycles. The number of rotatable bonds is 3. The van der Waals surface area contributed by atoms with Crippen molar-refractivity contribution in [3.8, 4) is 0 Å². The van der Waals surface area contributed by atoms with E-state index in [1.54, 1.807) is 12.1 Å². The summed E-state index contributed by atoms with van der Waals surface area (Å²) in [6, 6.07) is 16.1. The van der Waals surface area contributed by atoms with Crippen LogP contribution in [0, 0.1) is 0 Å². The molecule has 0 bridgehead atoms. The lowest BCUT2D eigenvalue weighted by Crippen LogP contribution is -2.48. The van der Waals surface area contributed by atoms with Gasteiger partial charge in [0.2, 0.25) is 0 Å². The predicted octanol–water partition coefficient (Wildman–Crippen LogP) is 4.29. The van der Waals surface area contributed by atoms with Crippen LogP contribution in [-0.2, 0) is 0 Å². The number of carbonyl (C=O) groups excluding carboxylic acids is 1. The Kier molecular flexibility index (Phi) is 5.53. The van der Waals surface area contributed by atoms with Crippen LogP contribution >= 0.6 is 11.6 Å². The van der Waals surface area contributed by atoms with Crippen molar-refractivity contribution in [3.05, 3.63) is 59.1 Å². The Hall–Kier alpha value is -2.20. The lowest BCUT2D eigenvalue weighted by molar-refractivity contribution is 0.0747. The Morgan fingerprint density at radius 2 is 1.33 bits per heavy atom. The van der Waals surface area contributed by atoms with Crippen molar-refractivity contribution in [1.82, 2.24) is 4.90 Å². The first kappa shape index (κ1) is 18.2. The summed E-state index contributed by atoms with van der Waals surface area (Å²) < 4.78 is 0. The molecular weight excluding hydrogens is 358 g/mol. The van der Waals surface area contributed by atoms with Crippen LogP contribution in [0.5, 0.6) is 0 Å². The minimum atomic E-state index is 0.0672. The Morgan fingerprint density at radius 1 is 0.741 bits per heavy atom. The Bertz CT molecular complexity index is 778. The zero-order chi connectivity index (χ0) is 18.6. The van der Waals surface area contributed by atoms with Crippen LogP contribution in [0.4, 0.5) is 11.4 Å². The van der Waals surface area contributed by atoms with Crippen LogP contribution in [0.1, 0.15) is 29.6 Å². The highest BCUT2D eigenvalue weighted by Crippen LogP contribution is 2.24. The average Bonchev–Trinajstić information content (AvgIpc) is 2.74. The largest absolute Gasteiger partial charge is 0.372 e. The molecule has 2 aromatic rings. The zero-order valence-electron chi connectivity index (χ0n) is 15.6. The molecule has 0 radical (unpaired) electrons. The van der Waals surface area contributed by atoms with E-state index in [9.17, 15) is 4.79 Å². The molecule has 5 heteroatoms. The quantitative estimate of drug-likeness (QED) is 0.790. The lowest BCUT2D eigenvalue weighted by Gasteiger charge is -2.36. The average molecular weight is 384 g/mol. The second-order valence-corrected chi connectivity index (χ2v) is 7.79. The number of hydrogen-bond donors (Lipinski definition) is 0. The highest BCUT2D eigenvalue weighted by Gasteiger charge is 2.22. The maximum absolute atomic E-state index is 12.7. The van der Waals surface area contributed by atoms with Crippen molar-refractivity contribution in [2.45, 2.75) is 19.3 Å². The van der Waals surface area contributed by atoms with Gasteiger partial charge in [0.1, 0.15) is 0 Å².